The van der Waals surface area contributed by atoms with Gasteiger partial charge >= 0.3 is 5.97 Å². The normalized spacial score (nSPS) is 13.3. The third kappa shape index (κ3) is 5.33. The highest BCUT2D eigenvalue weighted by atomic mass is 32.2. The van der Waals surface area contributed by atoms with E-state index in [0.29, 0.717) is 12.3 Å². The van der Waals surface area contributed by atoms with Gasteiger partial charge in [-0.05, 0) is 24.3 Å². The van der Waals surface area contributed by atoms with Crippen LogP contribution in [0.15, 0.2) is 30.3 Å². The van der Waals surface area contributed by atoms with Crippen LogP contribution in [-0.4, -0.2) is 30.5 Å². The Morgan fingerprint density at radius 2 is 1.80 bits per heavy atom. The van der Waals surface area contributed by atoms with Gasteiger partial charge in [0.15, 0.2) is 15.1 Å². The quantitative estimate of drug-likeness (QED) is 0.800. The number of sulfone groups is 1. The molecule has 0 radical (unpaired) electrons. The average Bonchev–Trinajstić information content (AvgIpc) is 2.36. The van der Waals surface area contributed by atoms with Crippen molar-refractivity contribution in [2.75, 3.05) is 5.75 Å². The van der Waals surface area contributed by atoms with E-state index in [0.717, 1.165) is 12.0 Å². The lowest BCUT2D eigenvalue weighted by atomic mass is 10.1. The van der Waals surface area contributed by atoms with Crippen molar-refractivity contribution in [1.29, 1.82) is 0 Å². The number of hydrogen-bond acceptors (Lipinski definition) is 3. The Bertz CT molecular complexity index is 520. The molecule has 0 aromatic heterocycles. The first kappa shape index (κ1) is 16.7. The van der Waals surface area contributed by atoms with Gasteiger partial charge in [-0.3, -0.25) is 4.79 Å². The lowest BCUT2D eigenvalue weighted by Gasteiger charge is -2.14. The van der Waals surface area contributed by atoms with Crippen LogP contribution in [0.2, 0.25) is 0 Å². The highest BCUT2D eigenvalue weighted by Crippen LogP contribution is 2.14. The summed E-state index contributed by atoms with van der Waals surface area (Å²) in [6, 6.07) is 8.87. The molecule has 0 heterocycles. The molecule has 0 bridgehead atoms. The number of aliphatic carboxylic acids is 1. The Morgan fingerprint density at radius 3 is 2.30 bits per heavy atom. The van der Waals surface area contributed by atoms with Gasteiger partial charge in [-0.25, -0.2) is 8.42 Å². The zero-order chi connectivity index (χ0) is 15.2. The summed E-state index contributed by atoms with van der Waals surface area (Å²) in [7, 11) is -3.62. The van der Waals surface area contributed by atoms with E-state index in [1.807, 2.05) is 19.9 Å². The summed E-state index contributed by atoms with van der Waals surface area (Å²) in [5.74, 6) is -0.907. The second kappa shape index (κ2) is 7.43. The smallest absolute Gasteiger partial charge is 0.322 e. The average molecular weight is 298 g/mol. The van der Waals surface area contributed by atoms with Crippen molar-refractivity contribution in [1.82, 2.24) is 0 Å². The van der Waals surface area contributed by atoms with E-state index in [9.17, 15) is 18.3 Å². The van der Waals surface area contributed by atoms with Crippen LogP contribution < -0.4 is 0 Å². The molecule has 1 atom stereocenters. The molecule has 0 spiro atoms. The summed E-state index contributed by atoms with van der Waals surface area (Å²) < 4.78 is 24.4. The van der Waals surface area contributed by atoms with Crippen LogP contribution in [0.4, 0.5) is 0 Å². The van der Waals surface area contributed by atoms with Crippen LogP contribution in [0.25, 0.3) is 0 Å². The van der Waals surface area contributed by atoms with Gasteiger partial charge in [-0.15, -0.1) is 0 Å². The SMILES string of the molecule is CC(C)CCCS(=O)(=O)C(Cc1ccccc1)C(=O)O. The van der Waals surface area contributed by atoms with Crippen molar-refractivity contribution in [2.45, 2.75) is 38.4 Å². The Morgan fingerprint density at radius 1 is 1.20 bits per heavy atom. The number of carbonyl (C=O) groups is 1. The molecule has 0 aliphatic rings. The number of benzene rings is 1. The van der Waals surface area contributed by atoms with Gasteiger partial charge in [-0.1, -0.05) is 50.6 Å². The van der Waals surface area contributed by atoms with E-state index in [2.05, 4.69) is 0 Å². The fraction of sp³-hybridized carbons (Fsp3) is 0.533. The molecule has 1 aromatic carbocycles. The van der Waals surface area contributed by atoms with Crippen molar-refractivity contribution >= 4 is 15.8 Å². The van der Waals surface area contributed by atoms with Crippen molar-refractivity contribution in [3.8, 4) is 0 Å². The van der Waals surface area contributed by atoms with Crippen LogP contribution in [0.5, 0.6) is 0 Å². The summed E-state index contributed by atoms with van der Waals surface area (Å²) in [5, 5.41) is 7.85. The molecular weight excluding hydrogens is 276 g/mol. The number of hydrogen-bond donors (Lipinski definition) is 1. The summed E-state index contributed by atoms with van der Waals surface area (Å²) in [6.45, 7) is 4.04. The second-order valence-electron chi connectivity index (χ2n) is 5.42. The van der Waals surface area contributed by atoms with E-state index >= 15 is 0 Å². The van der Waals surface area contributed by atoms with Crippen molar-refractivity contribution in [3.63, 3.8) is 0 Å². The van der Waals surface area contributed by atoms with Gasteiger partial charge in [0.05, 0.1) is 5.75 Å². The predicted octanol–water partition coefficient (Wildman–Crippen LogP) is 2.53. The standard InChI is InChI=1S/C15H22O4S/c1-12(2)7-6-10-20(18,19)14(15(16)17)11-13-8-4-3-5-9-13/h3-5,8-9,12,14H,6-7,10-11H2,1-2H3,(H,16,17). The minimum absolute atomic E-state index is 0.0280. The first-order valence-corrected chi connectivity index (χ1v) is 8.52. The molecule has 1 aromatic rings. The van der Waals surface area contributed by atoms with Gasteiger partial charge in [0.25, 0.3) is 0 Å². The van der Waals surface area contributed by atoms with E-state index in [1.165, 1.54) is 0 Å². The van der Waals surface area contributed by atoms with Crippen molar-refractivity contribution < 1.29 is 18.3 Å². The van der Waals surface area contributed by atoms with Crippen LogP contribution in [0, 0.1) is 5.92 Å². The lowest BCUT2D eigenvalue weighted by Crippen LogP contribution is -2.34. The maximum absolute atomic E-state index is 12.2. The van der Waals surface area contributed by atoms with Crippen LogP contribution in [0.3, 0.4) is 0 Å². The van der Waals surface area contributed by atoms with Gasteiger partial charge in [0, 0.05) is 0 Å². The largest absolute Gasteiger partial charge is 0.480 e. The molecule has 1 N–H and O–H groups in total. The Balaban J connectivity index is 2.77. The first-order valence-electron chi connectivity index (χ1n) is 6.81. The maximum atomic E-state index is 12.2. The Hall–Kier alpha value is -1.36. The summed E-state index contributed by atoms with van der Waals surface area (Å²) >= 11 is 0. The first-order chi connectivity index (χ1) is 9.33. The van der Waals surface area contributed by atoms with Gasteiger partial charge in [-0.2, -0.15) is 0 Å². The molecule has 20 heavy (non-hydrogen) atoms. The molecule has 0 aliphatic carbocycles. The van der Waals surface area contributed by atoms with Crippen LogP contribution in [-0.2, 0) is 21.1 Å². The second-order valence-corrected chi connectivity index (χ2v) is 7.72. The molecule has 0 amide bonds. The highest BCUT2D eigenvalue weighted by Gasteiger charge is 2.32. The fourth-order valence-electron chi connectivity index (χ4n) is 2.03. The van der Waals surface area contributed by atoms with E-state index in [-0.39, 0.29) is 12.2 Å². The fourth-order valence-corrected chi connectivity index (χ4v) is 3.64. The third-order valence-corrected chi connectivity index (χ3v) is 5.28. The molecule has 0 fully saturated rings. The zero-order valence-corrected chi connectivity index (χ0v) is 12.8. The maximum Gasteiger partial charge on any atom is 0.322 e. The van der Waals surface area contributed by atoms with Crippen molar-refractivity contribution in [2.24, 2.45) is 5.92 Å². The Labute approximate surface area is 120 Å². The molecule has 5 heteroatoms. The van der Waals surface area contributed by atoms with Gasteiger partial charge in [0.1, 0.15) is 0 Å². The van der Waals surface area contributed by atoms with E-state index in [4.69, 9.17) is 0 Å². The lowest BCUT2D eigenvalue weighted by molar-refractivity contribution is -0.136. The molecule has 0 saturated carbocycles. The molecule has 1 rings (SSSR count). The van der Waals surface area contributed by atoms with Gasteiger partial charge < -0.3 is 5.11 Å². The van der Waals surface area contributed by atoms with Gasteiger partial charge in [0.2, 0.25) is 0 Å². The molecule has 0 saturated heterocycles. The molecule has 1 unspecified atom stereocenters. The zero-order valence-electron chi connectivity index (χ0n) is 12.0. The minimum atomic E-state index is -3.62. The number of rotatable bonds is 8. The summed E-state index contributed by atoms with van der Waals surface area (Å²) in [6.07, 6.45) is 1.33. The third-order valence-electron chi connectivity index (χ3n) is 3.18. The molecule has 0 aliphatic heterocycles. The molecular formula is C15H22O4S. The monoisotopic (exact) mass is 298 g/mol. The van der Waals surface area contributed by atoms with E-state index in [1.54, 1.807) is 24.3 Å². The van der Waals surface area contributed by atoms with Crippen LogP contribution >= 0.6 is 0 Å². The number of carboxylic acids is 1. The summed E-state index contributed by atoms with van der Waals surface area (Å²) in [4.78, 5) is 11.3. The highest BCUT2D eigenvalue weighted by molar-refractivity contribution is 7.92. The predicted molar refractivity (Wildman–Crippen MR) is 79.4 cm³/mol. The number of carboxylic acid groups (broad SMARTS) is 1. The minimum Gasteiger partial charge on any atom is -0.480 e. The van der Waals surface area contributed by atoms with Crippen molar-refractivity contribution in [3.05, 3.63) is 35.9 Å². The topological polar surface area (TPSA) is 71.4 Å². The Kier molecular flexibility index (Phi) is 6.20. The molecule has 4 nitrogen and oxygen atoms in total. The summed E-state index contributed by atoms with van der Waals surface area (Å²) in [5.41, 5.74) is 0.729. The van der Waals surface area contributed by atoms with Crippen LogP contribution in [0.1, 0.15) is 32.3 Å². The molecule has 112 valence electrons. The van der Waals surface area contributed by atoms with E-state index < -0.39 is 21.1 Å².